The zero-order chi connectivity index (χ0) is 23.9. The maximum atomic E-state index is 13.0. The minimum atomic E-state index is -0.594. The van der Waals surface area contributed by atoms with Gasteiger partial charge in [0.1, 0.15) is 17.9 Å². The van der Waals surface area contributed by atoms with E-state index >= 15 is 0 Å². The maximum absolute atomic E-state index is 13.0. The molecule has 182 valence electrons. The zero-order valence-corrected chi connectivity index (χ0v) is 19.8. The Morgan fingerprint density at radius 2 is 1.80 bits per heavy atom. The quantitative estimate of drug-likeness (QED) is 0.675. The first-order chi connectivity index (χ1) is 17.1. The van der Waals surface area contributed by atoms with Gasteiger partial charge in [0.05, 0.1) is 0 Å². The minimum Gasteiger partial charge on any atom is -0.489 e. The van der Waals surface area contributed by atoms with Gasteiger partial charge in [-0.25, -0.2) is 0 Å². The molecule has 35 heavy (non-hydrogen) atoms. The van der Waals surface area contributed by atoms with Gasteiger partial charge in [-0.15, -0.1) is 0 Å². The van der Waals surface area contributed by atoms with Gasteiger partial charge in [-0.1, -0.05) is 30.3 Å². The summed E-state index contributed by atoms with van der Waals surface area (Å²) in [7, 11) is 0. The Balaban J connectivity index is 1.12. The van der Waals surface area contributed by atoms with Gasteiger partial charge in [0.25, 0.3) is 5.91 Å². The number of likely N-dealkylation sites (tertiary alicyclic amines) is 1. The first-order valence-corrected chi connectivity index (χ1v) is 12.8. The predicted molar refractivity (Wildman–Crippen MR) is 130 cm³/mol. The van der Waals surface area contributed by atoms with Crippen molar-refractivity contribution in [3.8, 4) is 5.75 Å². The molecule has 2 saturated heterocycles. The van der Waals surface area contributed by atoms with E-state index in [2.05, 4.69) is 40.5 Å². The lowest BCUT2D eigenvalue weighted by Gasteiger charge is -2.30. The Hall–Kier alpha value is -3.19. The Morgan fingerprint density at radius 1 is 0.943 bits per heavy atom. The van der Waals surface area contributed by atoms with Crippen LogP contribution in [0.5, 0.6) is 5.75 Å². The van der Waals surface area contributed by atoms with E-state index in [0.29, 0.717) is 30.5 Å². The molecule has 0 bridgehead atoms. The molecule has 0 radical (unpaired) electrons. The van der Waals surface area contributed by atoms with Crippen molar-refractivity contribution < 1.29 is 19.1 Å². The Kier molecular flexibility index (Phi) is 5.80. The van der Waals surface area contributed by atoms with Crippen molar-refractivity contribution >= 4 is 17.7 Å². The number of carbonyl (C=O) groups excluding carboxylic acids is 3. The van der Waals surface area contributed by atoms with Crippen molar-refractivity contribution in [1.29, 1.82) is 0 Å². The van der Waals surface area contributed by atoms with Gasteiger partial charge in [0.15, 0.2) is 0 Å². The molecule has 0 aromatic heterocycles. The Bertz CT molecular complexity index is 1150. The van der Waals surface area contributed by atoms with Crippen LogP contribution in [-0.2, 0) is 16.1 Å². The monoisotopic (exact) mass is 473 g/mol. The van der Waals surface area contributed by atoms with Crippen molar-refractivity contribution in [3.63, 3.8) is 0 Å². The summed E-state index contributed by atoms with van der Waals surface area (Å²) in [6.45, 7) is 2.55. The molecule has 2 unspecified atom stereocenters. The predicted octanol–water partition coefficient (Wildman–Crippen LogP) is 3.24. The zero-order valence-electron chi connectivity index (χ0n) is 19.8. The van der Waals surface area contributed by atoms with Gasteiger partial charge in [-0.05, 0) is 73.9 Å². The molecule has 3 heterocycles. The van der Waals surface area contributed by atoms with Crippen LogP contribution in [-0.4, -0.2) is 58.8 Å². The summed E-state index contributed by atoms with van der Waals surface area (Å²) in [5.74, 6) is 0.570. The van der Waals surface area contributed by atoms with E-state index in [1.54, 1.807) is 4.90 Å². The molecule has 3 aliphatic heterocycles. The fourth-order valence-corrected chi connectivity index (χ4v) is 6.35. The molecule has 4 atom stereocenters. The molecule has 1 saturated carbocycles. The Morgan fingerprint density at radius 3 is 2.63 bits per heavy atom. The van der Waals surface area contributed by atoms with Crippen molar-refractivity contribution in [2.24, 2.45) is 0 Å². The fourth-order valence-electron chi connectivity index (χ4n) is 6.35. The van der Waals surface area contributed by atoms with E-state index in [1.807, 2.05) is 18.2 Å². The third-order valence-electron chi connectivity index (χ3n) is 8.16. The summed E-state index contributed by atoms with van der Waals surface area (Å²) in [5.41, 5.74) is 2.93. The van der Waals surface area contributed by atoms with E-state index in [-0.39, 0.29) is 30.2 Å². The third-order valence-corrected chi connectivity index (χ3v) is 8.16. The number of imide groups is 1. The fraction of sp³-hybridized carbons (Fsp3) is 0.464. The van der Waals surface area contributed by atoms with E-state index < -0.39 is 6.04 Å². The number of carbonyl (C=O) groups is 3. The first kappa shape index (κ1) is 22.3. The van der Waals surface area contributed by atoms with Crippen LogP contribution >= 0.6 is 0 Å². The van der Waals surface area contributed by atoms with Crippen molar-refractivity contribution in [2.75, 3.05) is 13.1 Å². The first-order valence-electron chi connectivity index (χ1n) is 12.8. The van der Waals surface area contributed by atoms with Crippen LogP contribution in [0.1, 0.15) is 65.9 Å². The number of piperidine rings is 1. The summed E-state index contributed by atoms with van der Waals surface area (Å²) in [6, 6.07) is 16.3. The van der Waals surface area contributed by atoms with E-state index in [1.165, 1.54) is 12.0 Å². The van der Waals surface area contributed by atoms with Crippen LogP contribution in [0.2, 0.25) is 0 Å². The van der Waals surface area contributed by atoms with Gasteiger partial charge in [-0.3, -0.25) is 24.6 Å². The molecule has 7 heteroatoms. The lowest BCUT2D eigenvalue weighted by Crippen LogP contribution is -2.52. The highest BCUT2D eigenvalue weighted by Crippen LogP contribution is 2.36. The topological polar surface area (TPSA) is 79.0 Å². The average Bonchev–Trinajstić information content (AvgIpc) is 3.59. The van der Waals surface area contributed by atoms with Crippen LogP contribution < -0.4 is 10.1 Å². The smallest absolute Gasteiger partial charge is 0.255 e. The lowest BCUT2D eigenvalue weighted by atomic mass is 9.99. The molecular weight excluding hydrogens is 442 g/mol. The lowest BCUT2D eigenvalue weighted by molar-refractivity contribution is -0.136. The normalized spacial score (nSPS) is 28.9. The van der Waals surface area contributed by atoms with Crippen molar-refractivity contribution in [3.05, 3.63) is 65.2 Å². The summed E-state index contributed by atoms with van der Waals surface area (Å²) in [5, 5.41) is 2.36. The molecule has 2 aromatic rings. The minimum absolute atomic E-state index is 0.144. The number of hydrogen-bond acceptors (Lipinski definition) is 5. The molecule has 3 fully saturated rings. The highest BCUT2D eigenvalue weighted by Gasteiger charge is 2.40. The number of fused-ring (bicyclic) bond motifs is 1. The molecular formula is C28H31N3O4. The standard InChI is InChI=1S/C28H31N3O4/c32-26-12-11-24(27(33)29-26)31-17-20-15-21(9-10-22(20)28(31)34)35-25-8-4-7-23(25)30-14-13-19(16-30)18-5-2-1-3-6-18/h1-3,5-6,9-10,15,19,23-25H,4,7-8,11-14,16-17H2,(H,29,32,33)/t19?,23-,24?,25+/m1/s1. The van der Waals surface area contributed by atoms with Gasteiger partial charge in [0.2, 0.25) is 11.8 Å². The molecule has 2 aromatic carbocycles. The van der Waals surface area contributed by atoms with Crippen LogP contribution in [0.15, 0.2) is 48.5 Å². The highest BCUT2D eigenvalue weighted by atomic mass is 16.5. The molecule has 1 N–H and O–H groups in total. The van der Waals surface area contributed by atoms with Gasteiger partial charge >= 0.3 is 0 Å². The second kappa shape index (κ2) is 9.11. The van der Waals surface area contributed by atoms with Gasteiger partial charge < -0.3 is 9.64 Å². The third kappa shape index (κ3) is 4.22. The molecule has 7 nitrogen and oxygen atoms in total. The Labute approximate surface area is 205 Å². The summed E-state index contributed by atoms with van der Waals surface area (Å²) in [4.78, 5) is 41.0. The number of benzene rings is 2. The van der Waals surface area contributed by atoms with Crippen LogP contribution in [0.4, 0.5) is 0 Å². The number of hydrogen-bond donors (Lipinski definition) is 1. The van der Waals surface area contributed by atoms with E-state index in [9.17, 15) is 14.4 Å². The molecule has 1 aliphatic carbocycles. The van der Waals surface area contributed by atoms with Gasteiger partial charge in [-0.2, -0.15) is 0 Å². The number of ether oxygens (including phenoxy) is 1. The molecule has 0 spiro atoms. The number of rotatable bonds is 5. The maximum Gasteiger partial charge on any atom is 0.255 e. The van der Waals surface area contributed by atoms with Crippen molar-refractivity contribution in [2.45, 2.75) is 69.2 Å². The number of amides is 3. The number of nitrogens with zero attached hydrogens (tertiary/aromatic N) is 2. The van der Waals surface area contributed by atoms with E-state index in [4.69, 9.17) is 4.74 Å². The van der Waals surface area contributed by atoms with Gasteiger partial charge in [0, 0.05) is 31.1 Å². The highest BCUT2D eigenvalue weighted by molar-refractivity contribution is 6.05. The molecule has 3 amide bonds. The molecule has 4 aliphatic rings. The van der Waals surface area contributed by atoms with Crippen molar-refractivity contribution in [1.82, 2.24) is 15.1 Å². The summed E-state index contributed by atoms with van der Waals surface area (Å²) in [6.07, 6.45) is 5.31. The summed E-state index contributed by atoms with van der Waals surface area (Å²) < 4.78 is 6.52. The number of nitrogens with one attached hydrogen (secondary N) is 1. The van der Waals surface area contributed by atoms with Crippen LogP contribution in [0.25, 0.3) is 0 Å². The SMILES string of the molecule is O=C1CCC(N2Cc3cc(O[C@H]4CCC[C@H]4N4CCC(c5ccccc5)C4)ccc3C2=O)C(=O)N1. The van der Waals surface area contributed by atoms with E-state index in [0.717, 1.165) is 43.7 Å². The second-order valence-electron chi connectivity index (χ2n) is 10.3. The summed E-state index contributed by atoms with van der Waals surface area (Å²) >= 11 is 0. The second-order valence-corrected chi connectivity index (χ2v) is 10.3. The van der Waals surface area contributed by atoms with Crippen LogP contribution in [0.3, 0.4) is 0 Å². The molecule has 6 rings (SSSR count). The van der Waals surface area contributed by atoms with Crippen LogP contribution in [0, 0.1) is 0 Å². The average molecular weight is 474 g/mol. The largest absolute Gasteiger partial charge is 0.489 e.